The normalized spacial score (nSPS) is 11.0. The van der Waals surface area contributed by atoms with Crippen LogP contribution in [0.4, 0.5) is 14.5 Å². The van der Waals surface area contributed by atoms with Crippen LogP contribution in [0.25, 0.3) is 11.4 Å². The zero-order chi connectivity index (χ0) is 23.0. The second kappa shape index (κ2) is 11.1. The Morgan fingerprint density at radius 1 is 1.00 bits per heavy atom. The SMILES string of the molecule is O=C(CSc1nnc(-c2cccnc2)n1Cc1ccccc1)Nc1ccccc1SC(F)F. The van der Waals surface area contributed by atoms with E-state index >= 15 is 0 Å². The van der Waals surface area contributed by atoms with Crippen LogP contribution in [0, 0.1) is 0 Å². The molecule has 4 aromatic rings. The minimum absolute atomic E-state index is 0.0492. The van der Waals surface area contributed by atoms with E-state index in [1.165, 1.54) is 11.8 Å². The standard InChI is InChI=1S/C23H19F2N5OS2/c24-22(25)33-19-11-5-4-10-18(19)27-20(31)15-32-23-29-28-21(17-9-6-12-26-13-17)30(23)14-16-7-2-1-3-8-16/h1-13,22H,14-15H2,(H,27,31). The topological polar surface area (TPSA) is 72.7 Å². The van der Waals surface area contributed by atoms with Gasteiger partial charge < -0.3 is 5.32 Å². The first-order valence-corrected chi connectivity index (χ1v) is 11.8. The van der Waals surface area contributed by atoms with Crippen LogP contribution in [-0.2, 0) is 11.3 Å². The van der Waals surface area contributed by atoms with Crippen molar-refractivity contribution >= 4 is 35.1 Å². The van der Waals surface area contributed by atoms with E-state index in [0.717, 1.165) is 11.1 Å². The molecule has 10 heteroatoms. The Labute approximate surface area is 197 Å². The molecule has 1 N–H and O–H groups in total. The van der Waals surface area contributed by atoms with Crippen LogP contribution in [0.1, 0.15) is 5.56 Å². The third-order valence-electron chi connectivity index (χ3n) is 4.53. The van der Waals surface area contributed by atoms with Crippen LogP contribution in [-0.4, -0.2) is 37.2 Å². The zero-order valence-electron chi connectivity index (χ0n) is 17.3. The number of nitrogens with zero attached hydrogens (tertiary/aromatic N) is 4. The molecule has 0 bridgehead atoms. The number of hydrogen-bond acceptors (Lipinski definition) is 6. The Kier molecular flexibility index (Phi) is 7.69. The molecule has 0 fully saturated rings. The summed E-state index contributed by atoms with van der Waals surface area (Å²) in [7, 11) is 0. The number of alkyl halides is 2. The zero-order valence-corrected chi connectivity index (χ0v) is 18.9. The first-order chi connectivity index (χ1) is 16.1. The van der Waals surface area contributed by atoms with Gasteiger partial charge in [-0.2, -0.15) is 8.78 Å². The van der Waals surface area contributed by atoms with E-state index in [9.17, 15) is 13.6 Å². The van der Waals surface area contributed by atoms with Crippen LogP contribution < -0.4 is 5.32 Å². The summed E-state index contributed by atoms with van der Waals surface area (Å²) in [5.41, 5.74) is 2.23. The Hall–Kier alpha value is -3.24. The first kappa shape index (κ1) is 22.9. The number of hydrogen-bond donors (Lipinski definition) is 1. The lowest BCUT2D eigenvalue weighted by atomic mass is 10.2. The molecule has 0 saturated carbocycles. The summed E-state index contributed by atoms with van der Waals surface area (Å²) >= 11 is 1.63. The van der Waals surface area contributed by atoms with Crippen LogP contribution in [0.2, 0.25) is 0 Å². The molecule has 2 aromatic carbocycles. The fourth-order valence-corrected chi connectivity index (χ4v) is 4.43. The van der Waals surface area contributed by atoms with E-state index in [4.69, 9.17) is 0 Å². The maximum Gasteiger partial charge on any atom is 0.288 e. The van der Waals surface area contributed by atoms with Crippen LogP contribution in [0.15, 0.2) is 89.2 Å². The number of rotatable bonds is 9. The maximum atomic E-state index is 12.8. The number of para-hydroxylation sites is 1. The highest BCUT2D eigenvalue weighted by Gasteiger charge is 2.17. The minimum Gasteiger partial charge on any atom is -0.324 e. The summed E-state index contributed by atoms with van der Waals surface area (Å²) in [6, 6.07) is 20.1. The van der Waals surface area contributed by atoms with Gasteiger partial charge in [0, 0.05) is 22.9 Å². The number of thioether (sulfide) groups is 2. The summed E-state index contributed by atoms with van der Waals surface area (Å²) < 4.78 is 27.5. The van der Waals surface area contributed by atoms with Crippen LogP contribution >= 0.6 is 23.5 Å². The quantitative estimate of drug-likeness (QED) is 0.320. The number of pyridine rings is 1. The molecule has 0 atom stereocenters. The first-order valence-electron chi connectivity index (χ1n) is 9.94. The Morgan fingerprint density at radius 2 is 1.79 bits per heavy atom. The van der Waals surface area contributed by atoms with E-state index in [2.05, 4.69) is 20.5 Å². The second-order valence-corrected chi connectivity index (χ2v) is 8.81. The summed E-state index contributed by atoms with van der Waals surface area (Å²) in [5.74, 6) is -2.19. The van der Waals surface area contributed by atoms with Gasteiger partial charge in [-0.3, -0.25) is 14.3 Å². The van der Waals surface area contributed by atoms with Crippen molar-refractivity contribution in [2.75, 3.05) is 11.1 Å². The number of anilines is 1. The summed E-state index contributed by atoms with van der Waals surface area (Å²) in [6.07, 6.45) is 3.40. The van der Waals surface area contributed by atoms with E-state index in [-0.39, 0.29) is 11.7 Å². The van der Waals surface area contributed by atoms with Gasteiger partial charge in [0.2, 0.25) is 5.91 Å². The highest BCUT2D eigenvalue weighted by Crippen LogP contribution is 2.32. The average Bonchev–Trinajstić information content (AvgIpc) is 3.22. The molecule has 1 amide bonds. The molecular weight excluding hydrogens is 464 g/mol. The Balaban J connectivity index is 1.51. The van der Waals surface area contributed by atoms with Crippen LogP contribution in [0.3, 0.4) is 0 Å². The van der Waals surface area contributed by atoms with Gasteiger partial charge in [0.1, 0.15) is 0 Å². The fourth-order valence-electron chi connectivity index (χ4n) is 3.10. The number of aromatic nitrogens is 4. The molecule has 4 rings (SSSR count). The molecule has 2 heterocycles. The summed E-state index contributed by atoms with van der Waals surface area (Å²) in [4.78, 5) is 17.1. The minimum atomic E-state index is -2.57. The molecule has 0 saturated heterocycles. The number of halogens is 2. The molecule has 0 radical (unpaired) electrons. The number of carbonyl (C=O) groups excluding carboxylic acids is 1. The van der Waals surface area contributed by atoms with Gasteiger partial charge >= 0.3 is 0 Å². The molecule has 0 spiro atoms. The molecule has 6 nitrogen and oxygen atoms in total. The van der Waals surface area contributed by atoms with Crippen molar-refractivity contribution < 1.29 is 13.6 Å². The van der Waals surface area contributed by atoms with Gasteiger partial charge in [0.25, 0.3) is 5.76 Å². The number of nitrogens with one attached hydrogen (secondary N) is 1. The van der Waals surface area contributed by atoms with E-state index in [1.54, 1.807) is 36.7 Å². The molecule has 0 aliphatic rings. The highest BCUT2D eigenvalue weighted by atomic mass is 32.2. The average molecular weight is 484 g/mol. The van der Waals surface area contributed by atoms with E-state index < -0.39 is 5.76 Å². The van der Waals surface area contributed by atoms with Crippen molar-refractivity contribution in [1.29, 1.82) is 0 Å². The molecule has 0 unspecified atom stereocenters. The Morgan fingerprint density at radius 3 is 2.55 bits per heavy atom. The van der Waals surface area contributed by atoms with Crippen molar-refractivity contribution in [3.63, 3.8) is 0 Å². The second-order valence-electron chi connectivity index (χ2n) is 6.83. The number of amides is 1. The summed E-state index contributed by atoms with van der Waals surface area (Å²) in [6.45, 7) is 0.524. The largest absolute Gasteiger partial charge is 0.324 e. The fraction of sp³-hybridized carbons (Fsp3) is 0.130. The number of carbonyl (C=O) groups is 1. The molecule has 168 valence electrons. The molecule has 0 aliphatic heterocycles. The van der Waals surface area contributed by atoms with Gasteiger partial charge in [-0.15, -0.1) is 10.2 Å². The third kappa shape index (κ3) is 6.17. The van der Waals surface area contributed by atoms with Gasteiger partial charge in [-0.25, -0.2) is 0 Å². The summed E-state index contributed by atoms with van der Waals surface area (Å²) in [5, 5.41) is 11.9. The predicted octanol–water partition coefficient (Wildman–Crippen LogP) is 5.43. The molecule has 33 heavy (non-hydrogen) atoms. The van der Waals surface area contributed by atoms with Gasteiger partial charge in [0.05, 0.1) is 18.0 Å². The van der Waals surface area contributed by atoms with E-state index in [1.807, 2.05) is 47.0 Å². The van der Waals surface area contributed by atoms with Crippen LogP contribution in [0.5, 0.6) is 0 Å². The highest BCUT2D eigenvalue weighted by molar-refractivity contribution is 8.00. The lowest BCUT2D eigenvalue weighted by molar-refractivity contribution is -0.113. The van der Waals surface area contributed by atoms with Gasteiger partial charge in [-0.05, 0) is 29.8 Å². The lowest BCUT2D eigenvalue weighted by Gasteiger charge is -2.12. The van der Waals surface area contributed by atoms with E-state index in [0.29, 0.717) is 39.9 Å². The molecule has 2 aromatic heterocycles. The maximum absolute atomic E-state index is 12.8. The molecule has 0 aliphatic carbocycles. The van der Waals surface area contributed by atoms with Crippen molar-refractivity contribution in [1.82, 2.24) is 19.7 Å². The van der Waals surface area contributed by atoms with Crippen molar-refractivity contribution in [3.8, 4) is 11.4 Å². The monoisotopic (exact) mass is 483 g/mol. The predicted molar refractivity (Wildman–Crippen MR) is 126 cm³/mol. The van der Waals surface area contributed by atoms with Gasteiger partial charge in [-0.1, -0.05) is 66.0 Å². The van der Waals surface area contributed by atoms with Crippen molar-refractivity contribution in [2.45, 2.75) is 22.4 Å². The van der Waals surface area contributed by atoms with Crippen molar-refractivity contribution in [3.05, 3.63) is 84.7 Å². The third-order valence-corrected chi connectivity index (χ3v) is 6.28. The van der Waals surface area contributed by atoms with Gasteiger partial charge in [0.15, 0.2) is 11.0 Å². The van der Waals surface area contributed by atoms with Crippen molar-refractivity contribution in [2.24, 2.45) is 0 Å². The number of benzene rings is 2. The molecular formula is C23H19F2N5OS2. The smallest absolute Gasteiger partial charge is 0.288 e. The Bertz CT molecular complexity index is 1210. The lowest BCUT2D eigenvalue weighted by Crippen LogP contribution is -2.15.